The number of amides is 1. The van der Waals surface area contributed by atoms with Gasteiger partial charge in [0.15, 0.2) is 0 Å². The number of carbonyl (C=O) groups excluding carboxylic acids is 1. The molecule has 1 aliphatic rings. The Bertz CT molecular complexity index is 441. The lowest BCUT2D eigenvalue weighted by molar-refractivity contribution is -0.115. The lowest BCUT2D eigenvalue weighted by Gasteiger charge is -2.12. The fourth-order valence-corrected chi connectivity index (χ4v) is 2.05. The van der Waals surface area contributed by atoms with E-state index in [9.17, 15) is 13.6 Å². The van der Waals surface area contributed by atoms with Crippen LogP contribution in [0.3, 0.4) is 0 Å². The number of carbonyl (C=O) groups is 1. The van der Waals surface area contributed by atoms with Crippen molar-refractivity contribution < 1.29 is 13.6 Å². The van der Waals surface area contributed by atoms with Gasteiger partial charge in [-0.25, -0.2) is 8.78 Å². The molecule has 0 heterocycles. The first-order chi connectivity index (χ1) is 9.08. The molecular formula is C14H18F2N2O. The molecule has 1 aromatic carbocycles. The van der Waals surface area contributed by atoms with Crippen LogP contribution in [0.15, 0.2) is 18.2 Å². The van der Waals surface area contributed by atoms with Gasteiger partial charge >= 0.3 is 0 Å². The number of hydrogen-bond acceptors (Lipinski definition) is 2. The molecule has 1 atom stereocenters. The van der Waals surface area contributed by atoms with Gasteiger partial charge in [0.25, 0.3) is 0 Å². The van der Waals surface area contributed by atoms with E-state index in [2.05, 4.69) is 17.6 Å². The van der Waals surface area contributed by atoms with Crippen molar-refractivity contribution in [2.45, 2.75) is 19.8 Å². The van der Waals surface area contributed by atoms with Crippen LogP contribution in [-0.4, -0.2) is 19.0 Å². The van der Waals surface area contributed by atoms with Crippen molar-refractivity contribution in [3.05, 3.63) is 29.8 Å². The summed E-state index contributed by atoms with van der Waals surface area (Å²) in [6.45, 7) is 2.95. The van der Waals surface area contributed by atoms with Crippen molar-refractivity contribution in [1.82, 2.24) is 5.32 Å². The minimum Gasteiger partial charge on any atom is -0.320 e. The number of halogens is 2. The third-order valence-corrected chi connectivity index (χ3v) is 3.41. The number of para-hydroxylation sites is 1. The molecule has 1 unspecified atom stereocenters. The molecule has 0 aliphatic heterocycles. The first kappa shape index (κ1) is 13.9. The van der Waals surface area contributed by atoms with Crippen molar-refractivity contribution in [3.63, 3.8) is 0 Å². The predicted molar refractivity (Wildman–Crippen MR) is 69.7 cm³/mol. The van der Waals surface area contributed by atoms with E-state index >= 15 is 0 Å². The van der Waals surface area contributed by atoms with Gasteiger partial charge in [0, 0.05) is 0 Å². The highest BCUT2D eigenvalue weighted by atomic mass is 19.1. The molecule has 5 heteroatoms. The van der Waals surface area contributed by atoms with Crippen molar-refractivity contribution in [2.24, 2.45) is 11.8 Å². The SMILES string of the molecule is CC(CNCC(=O)Nc1c(F)cccc1F)C1CC1. The molecular weight excluding hydrogens is 250 g/mol. The summed E-state index contributed by atoms with van der Waals surface area (Å²) in [4.78, 5) is 11.6. The zero-order valence-electron chi connectivity index (χ0n) is 10.9. The highest BCUT2D eigenvalue weighted by Gasteiger charge is 2.27. The monoisotopic (exact) mass is 268 g/mol. The number of anilines is 1. The topological polar surface area (TPSA) is 41.1 Å². The van der Waals surface area contributed by atoms with Crippen LogP contribution in [-0.2, 0) is 4.79 Å². The van der Waals surface area contributed by atoms with Crippen LogP contribution in [0, 0.1) is 23.5 Å². The third kappa shape index (κ3) is 3.99. The van der Waals surface area contributed by atoms with Crippen LogP contribution in [0.2, 0.25) is 0 Å². The zero-order chi connectivity index (χ0) is 13.8. The molecule has 1 amide bonds. The third-order valence-electron chi connectivity index (χ3n) is 3.41. The number of nitrogens with one attached hydrogen (secondary N) is 2. The Morgan fingerprint density at radius 2 is 2.00 bits per heavy atom. The summed E-state index contributed by atoms with van der Waals surface area (Å²) in [5, 5.41) is 5.25. The minimum absolute atomic E-state index is 0.0604. The Morgan fingerprint density at radius 3 is 2.58 bits per heavy atom. The lowest BCUT2D eigenvalue weighted by atomic mass is 10.1. The van der Waals surface area contributed by atoms with E-state index in [0.29, 0.717) is 5.92 Å². The van der Waals surface area contributed by atoms with Gasteiger partial charge < -0.3 is 10.6 Å². The Morgan fingerprint density at radius 1 is 1.37 bits per heavy atom. The van der Waals surface area contributed by atoms with Gasteiger partial charge in [-0.3, -0.25) is 4.79 Å². The molecule has 1 fully saturated rings. The first-order valence-corrected chi connectivity index (χ1v) is 6.52. The van der Waals surface area contributed by atoms with Gasteiger partial charge in [-0.1, -0.05) is 13.0 Å². The molecule has 0 spiro atoms. The smallest absolute Gasteiger partial charge is 0.238 e. The molecule has 1 aromatic rings. The number of rotatable bonds is 6. The van der Waals surface area contributed by atoms with Gasteiger partial charge in [0.2, 0.25) is 5.91 Å². The Labute approximate surface area is 111 Å². The van der Waals surface area contributed by atoms with Crippen molar-refractivity contribution >= 4 is 11.6 Å². The van der Waals surface area contributed by atoms with Gasteiger partial charge in [-0.15, -0.1) is 0 Å². The average Bonchev–Trinajstić information content (AvgIpc) is 3.18. The molecule has 104 valence electrons. The molecule has 1 aliphatic carbocycles. The van der Waals surface area contributed by atoms with E-state index in [1.54, 1.807) is 0 Å². The summed E-state index contributed by atoms with van der Waals surface area (Å²) in [7, 11) is 0. The van der Waals surface area contributed by atoms with E-state index in [4.69, 9.17) is 0 Å². The van der Waals surface area contributed by atoms with E-state index < -0.39 is 17.5 Å². The highest BCUT2D eigenvalue weighted by molar-refractivity contribution is 5.92. The van der Waals surface area contributed by atoms with Crippen molar-refractivity contribution in [1.29, 1.82) is 0 Å². The Kier molecular flexibility index (Phi) is 4.47. The van der Waals surface area contributed by atoms with Crippen LogP contribution in [0.1, 0.15) is 19.8 Å². The van der Waals surface area contributed by atoms with Crippen molar-refractivity contribution in [2.75, 3.05) is 18.4 Å². The largest absolute Gasteiger partial charge is 0.320 e. The van der Waals surface area contributed by atoms with Crippen LogP contribution < -0.4 is 10.6 Å². The molecule has 0 radical (unpaired) electrons. The van der Waals surface area contributed by atoms with Crippen LogP contribution >= 0.6 is 0 Å². The van der Waals surface area contributed by atoms with E-state index in [1.165, 1.54) is 18.9 Å². The normalized spacial score (nSPS) is 16.2. The quantitative estimate of drug-likeness (QED) is 0.832. The maximum atomic E-state index is 13.3. The molecule has 0 aromatic heterocycles. The van der Waals surface area contributed by atoms with Gasteiger partial charge in [-0.2, -0.15) is 0 Å². The van der Waals surface area contributed by atoms with Gasteiger partial charge in [0.05, 0.1) is 6.54 Å². The van der Waals surface area contributed by atoms with E-state index in [1.807, 2.05) is 0 Å². The lowest BCUT2D eigenvalue weighted by Crippen LogP contribution is -2.32. The van der Waals surface area contributed by atoms with E-state index in [0.717, 1.165) is 24.6 Å². The molecule has 2 rings (SSSR count). The molecule has 1 saturated carbocycles. The maximum Gasteiger partial charge on any atom is 0.238 e. The summed E-state index contributed by atoms with van der Waals surface area (Å²) in [5.74, 6) is -0.663. The Hall–Kier alpha value is -1.49. The van der Waals surface area contributed by atoms with Gasteiger partial charge in [-0.05, 0) is 43.4 Å². The second-order valence-corrected chi connectivity index (χ2v) is 5.09. The van der Waals surface area contributed by atoms with Gasteiger partial charge in [0.1, 0.15) is 17.3 Å². The van der Waals surface area contributed by atoms with Crippen LogP contribution in [0.5, 0.6) is 0 Å². The molecule has 0 bridgehead atoms. The van der Waals surface area contributed by atoms with Crippen molar-refractivity contribution in [3.8, 4) is 0 Å². The standard InChI is InChI=1S/C14H18F2N2O/c1-9(10-5-6-10)7-17-8-13(19)18-14-11(15)3-2-4-12(14)16/h2-4,9-10,17H,5-8H2,1H3,(H,18,19). The number of benzene rings is 1. The summed E-state index contributed by atoms with van der Waals surface area (Å²) in [6, 6.07) is 3.48. The van der Waals surface area contributed by atoms with Crippen LogP contribution in [0.25, 0.3) is 0 Å². The molecule has 19 heavy (non-hydrogen) atoms. The fourth-order valence-electron chi connectivity index (χ4n) is 2.05. The summed E-state index contributed by atoms with van der Waals surface area (Å²) < 4.78 is 26.6. The highest BCUT2D eigenvalue weighted by Crippen LogP contribution is 2.35. The Balaban J connectivity index is 1.77. The molecule has 3 nitrogen and oxygen atoms in total. The summed E-state index contributed by atoms with van der Waals surface area (Å²) >= 11 is 0. The molecule has 0 saturated heterocycles. The number of hydrogen-bond donors (Lipinski definition) is 2. The fraction of sp³-hybridized carbons (Fsp3) is 0.500. The second kappa shape index (κ2) is 6.10. The molecule has 2 N–H and O–H groups in total. The first-order valence-electron chi connectivity index (χ1n) is 6.52. The summed E-state index contributed by atoms with van der Waals surface area (Å²) in [5.41, 5.74) is -0.385. The summed E-state index contributed by atoms with van der Waals surface area (Å²) in [6.07, 6.45) is 2.52. The maximum absolute atomic E-state index is 13.3. The second-order valence-electron chi connectivity index (χ2n) is 5.09. The predicted octanol–water partition coefficient (Wildman–Crippen LogP) is 2.54. The zero-order valence-corrected chi connectivity index (χ0v) is 10.9. The van der Waals surface area contributed by atoms with Crippen LogP contribution in [0.4, 0.5) is 14.5 Å². The average molecular weight is 268 g/mol. The van der Waals surface area contributed by atoms with E-state index in [-0.39, 0.29) is 12.2 Å². The minimum atomic E-state index is -0.764.